The topological polar surface area (TPSA) is 97.1 Å². The smallest absolute Gasteiger partial charge is 0.335 e. The van der Waals surface area contributed by atoms with Gasteiger partial charge in [0, 0.05) is 28.5 Å². The molecule has 1 aliphatic carbocycles. The number of aromatic carboxylic acids is 1. The maximum absolute atomic E-state index is 12.8. The number of nitrogens with one attached hydrogen (secondary N) is 1. The molecule has 1 aromatic heterocycles. The minimum atomic E-state index is -0.946. The lowest BCUT2D eigenvalue weighted by molar-refractivity contribution is -0.116. The average Bonchev–Trinajstić information content (AvgIpc) is 3.20. The first-order valence-corrected chi connectivity index (χ1v) is 11.6. The molecule has 0 saturated carbocycles. The lowest BCUT2D eigenvalue weighted by Gasteiger charge is -2.32. The Labute approximate surface area is 193 Å². The van der Waals surface area contributed by atoms with Gasteiger partial charge in [0.2, 0.25) is 11.1 Å². The molecule has 0 spiro atoms. The van der Waals surface area contributed by atoms with E-state index in [-0.39, 0.29) is 17.4 Å². The van der Waals surface area contributed by atoms with Gasteiger partial charge in [-0.15, -0.1) is 5.10 Å². The quantitative estimate of drug-likeness (QED) is 0.514. The first kappa shape index (κ1) is 20.8. The fraction of sp³-hybridized carbons (Fsp3) is 0.217. The van der Waals surface area contributed by atoms with Gasteiger partial charge >= 0.3 is 5.97 Å². The Morgan fingerprint density at radius 1 is 1.16 bits per heavy atom. The van der Waals surface area contributed by atoms with Crippen LogP contribution in [-0.4, -0.2) is 31.6 Å². The molecular formula is C23H19ClN4O3S. The van der Waals surface area contributed by atoms with E-state index < -0.39 is 5.97 Å². The molecule has 2 aromatic carbocycles. The van der Waals surface area contributed by atoms with E-state index in [9.17, 15) is 9.59 Å². The van der Waals surface area contributed by atoms with Crippen LogP contribution in [0.4, 0.5) is 5.95 Å². The van der Waals surface area contributed by atoms with Gasteiger partial charge in [-0.3, -0.25) is 4.79 Å². The number of carbonyl (C=O) groups excluding carboxylic acids is 1. The summed E-state index contributed by atoms with van der Waals surface area (Å²) in [5, 5.41) is 18.3. The number of anilines is 1. The van der Waals surface area contributed by atoms with Crippen molar-refractivity contribution in [2.45, 2.75) is 36.2 Å². The standard InChI is InChI=1S/C23H19ClN4O3S/c24-16-10-8-14(9-11-16)20-19-17(2-1-3-18(19)29)25-22-26-23(27-28(20)22)32-12-13-4-6-15(7-5-13)21(30)31/h4-11,20H,1-3,12H2,(H,30,31)(H,25,26,27). The van der Waals surface area contributed by atoms with Crippen LogP contribution in [0.2, 0.25) is 5.02 Å². The number of thioether (sulfide) groups is 1. The lowest BCUT2D eigenvalue weighted by atomic mass is 9.85. The molecule has 7 nitrogen and oxygen atoms in total. The van der Waals surface area contributed by atoms with E-state index in [1.54, 1.807) is 28.9 Å². The molecule has 0 bridgehead atoms. The van der Waals surface area contributed by atoms with Gasteiger partial charge < -0.3 is 10.4 Å². The van der Waals surface area contributed by atoms with Crippen molar-refractivity contribution in [3.05, 3.63) is 81.5 Å². The summed E-state index contributed by atoms with van der Waals surface area (Å²) in [5.74, 6) is 0.397. The number of carboxylic acids is 1. The molecule has 0 radical (unpaired) electrons. The number of hydrogen-bond donors (Lipinski definition) is 2. The number of aromatic nitrogens is 3. The van der Waals surface area contributed by atoms with Crippen LogP contribution in [0.15, 0.2) is 65.0 Å². The molecule has 1 atom stereocenters. The highest BCUT2D eigenvalue weighted by molar-refractivity contribution is 7.98. The fourth-order valence-electron chi connectivity index (χ4n) is 4.04. The molecule has 5 rings (SSSR count). The molecule has 1 aliphatic heterocycles. The average molecular weight is 467 g/mol. The highest BCUT2D eigenvalue weighted by Crippen LogP contribution is 2.40. The number of nitrogens with zero attached hydrogens (tertiary/aromatic N) is 3. The Morgan fingerprint density at radius 2 is 1.91 bits per heavy atom. The molecule has 3 aromatic rings. The normalized spacial score (nSPS) is 17.5. The molecule has 32 heavy (non-hydrogen) atoms. The molecular weight excluding hydrogens is 448 g/mol. The minimum absolute atomic E-state index is 0.132. The maximum Gasteiger partial charge on any atom is 0.335 e. The summed E-state index contributed by atoms with van der Waals surface area (Å²) < 4.78 is 1.78. The van der Waals surface area contributed by atoms with Gasteiger partial charge in [-0.25, -0.2) is 9.48 Å². The number of Topliss-reactive ketones (excluding diaryl/α,β-unsaturated/α-hetero) is 1. The monoisotopic (exact) mass is 466 g/mol. The Kier molecular flexibility index (Phi) is 5.48. The van der Waals surface area contributed by atoms with E-state index in [0.717, 1.165) is 35.2 Å². The second-order valence-electron chi connectivity index (χ2n) is 7.70. The zero-order valence-electron chi connectivity index (χ0n) is 16.9. The maximum atomic E-state index is 12.8. The summed E-state index contributed by atoms with van der Waals surface area (Å²) in [6.45, 7) is 0. The third-order valence-electron chi connectivity index (χ3n) is 5.60. The van der Waals surface area contributed by atoms with Crippen molar-refractivity contribution in [2.75, 3.05) is 5.32 Å². The lowest BCUT2D eigenvalue weighted by Crippen LogP contribution is -2.31. The number of rotatable bonds is 5. The Hall–Kier alpha value is -3.10. The Morgan fingerprint density at radius 3 is 2.62 bits per heavy atom. The number of allylic oxidation sites excluding steroid dienone is 2. The molecule has 162 valence electrons. The van der Waals surface area contributed by atoms with Crippen LogP contribution < -0.4 is 5.32 Å². The largest absolute Gasteiger partial charge is 0.478 e. The van der Waals surface area contributed by atoms with E-state index in [0.29, 0.717) is 28.3 Å². The fourth-order valence-corrected chi connectivity index (χ4v) is 4.95. The van der Waals surface area contributed by atoms with Crippen LogP contribution in [-0.2, 0) is 10.5 Å². The summed E-state index contributed by atoms with van der Waals surface area (Å²) in [6.07, 6.45) is 2.15. The molecule has 0 amide bonds. The third kappa shape index (κ3) is 3.91. The molecule has 0 fully saturated rings. The number of halogens is 1. The van der Waals surface area contributed by atoms with Crippen molar-refractivity contribution < 1.29 is 14.7 Å². The molecule has 2 aliphatic rings. The van der Waals surface area contributed by atoms with Crippen LogP contribution in [0.25, 0.3) is 0 Å². The van der Waals surface area contributed by atoms with Crippen LogP contribution in [0.5, 0.6) is 0 Å². The SMILES string of the molecule is O=C1CCCC2=C1C(c1ccc(Cl)cc1)n1nc(SCc3ccc(C(=O)O)cc3)nc1N2. The predicted molar refractivity (Wildman–Crippen MR) is 122 cm³/mol. The zero-order chi connectivity index (χ0) is 22.2. The molecule has 0 saturated heterocycles. The van der Waals surface area contributed by atoms with Gasteiger partial charge in [0.1, 0.15) is 6.04 Å². The molecule has 9 heteroatoms. The van der Waals surface area contributed by atoms with Crippen molar-refractivity contribution in [3.8, 4) is 0 Å². The van der Waals surface area contributed by atoms with Crippen molar-refractivity contribution in [2.24, 2.45) is 0 Å². The number of carboxylic acid groups (broad SMARTS) is 1. The summed E-state index contributed by atoms with van der Waals surface area (Å²) in [4.78, 5) is 28.5. The van der Waals surface area contributed by atoms with Crippen LogP contribution >= 0.6 is 23.4 Å². The van der Waals surface area contributed by atoms with E-state index in [4.69, 9.17) is 21.8 Å². The van der Waals surface area contributed by atoms with Gasteiger partial charge in [0.15, 0.2) is 5.78 Å². The van der Waals surface area contributed by atoms with Crippen molar-refractivity contribution in [3.63, 3.8) is 0 Å². The van der Waals surface area contributed by atoms with E-state index >= 15 is 0 Å². The van der Waals surface area contributed by atoms with Gasteiger partial charge in [0.05, 0.1) is 5.56 Å². The summed E-state index contributed by atoms with van der Waals surface area (Å²) >= 11 is 7.55. The third-order valence-corrected chi connectivity index (χ3v) is 6.76. The molecule has 2 heterocycles. The summed E-state index contributed by atoms with van der Waals surface area (Å²) in [5.41, 5.74) is 3.83. The van der Waals surface area contributed by atoms with Crippen LogP contribution in [0.3, 0.4) is 0 Å². The zero-order valence-corrected chi connectivity index (χ0v) is 18.5. The Bertz CT molecular complexity index is 1240. The van der Waals surface area contributed by atoms with Crippen molar-refractivity contribution in [1.29, 1.82) is 0 Å². The van der Waals surface area contributed by atoms with Crippen LogP contribution in [0.1, 0.15) is 46.8 Å². The van der Waals surface area contributed by atoms with E-state index in [2.05, 4.69) is 10.3 Å². The van der Waals surface area contributed by atoms with Crippen LogP contribution in [0, 0.1) is 0 Å². The number of carbonyl (C=O) groups is 2. The predicted octanol–water partition coefficient (Wildman–Crippen LogP) is 4.94. The van der Waals surface area contributed by atoms with Crippen molar-refractivity contribution >= 4 is 41.1 Å². The summed E-state index contributed by atoms with van der Waals surface area (Å²) in [6, 6.07) is 13.9. The molecule has 1 unspecified atom stereocenters. The number of ketones is 1. The summed E-state index contributed by atoms with van der Waals surface area (Å²) in [7, 11) is 0. The molecule has 2 N–H and O–H groups in total. The minimum Gasteiger partial charge on any atom is -0.478 e. The highest BCUT2D eigenvalue weighted by atomic mass is 35.5. The first-order valence-electron chi connectivity index (χ1n) is 10.2. The number of fused-ring (bicyclic) bond motifs is 1. The Balaban J connectivity index is 1.45. The number of benzene rings is 2. The van der Waals surface area contributed by atoms with E-state index in [1.165, 1.54) is 11.8 Å². The van der Waals surface area contributed by atoms with Gasteiger partial charge in [-0.05, 0) is 48.2 Å². The second-order valence-corrected chi connectivity index (χ2v) is 9.08. The van der Waals surface area contributed by atoms with Gasteiger partial charge in [-0.2, -0.15) is 4.98 Å². The van der Waals surface area contributed by atoms with Crippen molar-refractivity contribution in [1.82, 2.24) is 14.8 Å². The first-order chi connectivity index (χ1) is 15.5. The second kappa shape index (κ2) is 8.44. The van der Waals surface area contributed by atoms with E-state index in [1.807, 2.05) is 24.3 Å². The highest BCUT2D eigenvalue weighted by Gasteiger charge is 2.36. The van der Waals surface area contributed by atoms with Gasteiger partial charge in [-0.1, -0.05) is 47.6 Å². The number of hydrogen-bond acceptors (Lipinski definition) is 6. The van der Waals surface area contributed by atoms with Gasteiger partial charge in [0.25, 0.3) is 0 Å².